The molecule has 0 aliphatic carbocycles. The molecule has 0 radical (unpaired) electrons. The van der Waals surface area contributed by atoms with E-state index in [0.29, 0.717) is 23.4 Å². The fourth-order valence-electron chi connectivity index (χ4n) is 3.37. The van der Waals surface area contributed by atoms with Crippen molar-refractivity contribution < 1.29 is 13.2 Å². The molecule has 168 valence electrons. The van der Waals surface area contributed by atoms with Gasteiger partial charge in [-0.15, -0.1) is 0 Å². The maximum atomic E-state index is 12.9. The highest BCUT2D eigenvalue weighted by molar-refractivity contribution is 7.92. The molecule has 0 fully saturated rings. The van der Waals surface area contributed by atoms with E-state index in [0.717, 1.165) is 16.8 Å². The topological polar surface area (TPSA) is 93.1 Å². The molecule has 0 atom stereocenters. The molecule has 1 heterocycles. The van der Waals surface area contributed by atoms with Crippen LogP contribution < -0.4 is 10.0 Å². The Bertz CT molecular complexity index is 1380. The van der Waals surface area contributed by atoms with Gasteiger partial charge in [-0.1, -0.05) is 36.4 Å². The Hall–Kier alpha value is -3.91. The smallest absolute Gasteiger partial charge is 0.261 e. The molecular formula is C25H24N4O3S. The summed E-state index contributed by atoms with van der Waals surface area (Å²) >= 11 is 0. The standard InChI is InChI=1S/C25H24N4O3S/c1-18-8-13-22(33(31,32)28-24-7-4-3-6-19(24)2)16-23(18)25(30)26-17-20-9-11-21(12-10-20)29-15-5-14-27-29/h3-16,28H,17H2,1-2H3,(H,26,30). The minimum Gasteiger partial charge on any atom is -0.348 e. The fourth-order valence-corrected chi connectivity index (χ4v) is 4.53. The number of sulfonamides is 1. The molecule has 4 rings (SSSR count). The van der Waals surface area contributed by atoms with Crippen molar-refractivity contribution in [3.8, 4) is 5.69 Å². The Morgan fingerprint density at radius 1 is 0.939 bits per heavy atom. The first-order chi connectivity index (χ1) is 15.8. The molecule has 0 unspecified atom stereocenters. The highest BCUT2D eigenvalue weighted by Gasteiger charge is 2.19. The summed E-state index contributed by atoms with van der Waals surface area (Å²) in [6, 6.07) is 21.2. The van der Waals surface area contributed by atoms with Crippen molar-refractivity contribution in [1.29, 1.82) is 0 Å². The van der Waals surface area contributed by atoms with Gasteiger partial charge in [0.25, 0.3) is 15.9 Å². The zero-order valence-electron chi connectivity index (χ0n) is 18.3. The molecule has 33 heavy (non-hydrogen) atoms. The summed E-state index contributed by atoms with van der Waals surface area (Å²) in [5.74, 6) is -0.336. The van der Waals surface area contributed by atoms with E-state index in [1.54, 1.807) is 36.0 Å². The Kier molecular flexibility index (Phi) is 6.28. The van der Waals surface area contributed by atoms with Gasteiger partial charge in [0.1, 0.15) is 0 Å². The van der Waals surface area contributed by atoms with Gasteiger partial charge in [-0.2, -0.15) is 5.10 Å². The van der Waals surface area contributed by atoms with Gasteiger partial charge in [0, 0.05) is 24.5 Å². The lowest BCUT2D eigenvalue weighted by Crippen LogP contribution is -2.24. The number of hydrogen-bond donors (Lipinski definition) is 2. The number of anilines is 1. The van der Waals surface area contributed by atoms with Crippen LogP contribution in [0.2, 0.25) is 0 Å². The summed E-state index contributed by atoms with van der Waals surface area (Å²) in [6.45, 7) is 3.92. The predicted molar refractivity (Wildman–Crippen MR) is 128 cm³/mol. The Balaban J connectivity index is 1.48. The number of rotatable bonds is 7. The minimum absolute atomic E-state index is 0.0325. The highest BCUT2D eigenvalue weighted by atomic mass is 32.2. The Morgan fingerprint density at radius 2 is 1.70 bits per heavy atom. The monoisotopic (exact) mass is 460 g/mol. The second-order valence-corrected chi connectivity index (χ2v) is 9.38. The molecule has 7 nitrogen and oxygen atoms in total. The van der Waals surface area contributed by atoms with Gasteiger partial charge in [0.05, 0.1) is 16.3 Å². The van der Waals surface area contributed by atoms with Crippen LogP contribution in [0.5, 0.6) is 0 Å². The average molecular weight is 461 g/mol. The van der Waals surface area contributed by atoms with Crippen LogP contribution in [0.3, 0.4) is 0 Å². The van der Waals surface area contributed by atoms with Crippen molar-refractivity contribution in [1.82, 2.24) is 15.1 Å². The maximum absolute atomic E-state index is 12.9. The molecule has 0 bridgehead atoms. The van der Waals surface area contributed by atoms with Crippen LogP contribution in [0.25, 0.3) is 5.69 Å². The van der Waals surface area contributed by atoms with Crippen LogP contribution in [0, 0.1) is 13.8 Å². The number of carbonyl (C=O) groups excluding carboxylic acids is 1. The van der Waals surface area contributed by atoms with Crippen molar-refractivity contribution in [3.63, 3.8) is 0 Å². The van der Waals surface area contributed by atoms with E-state index in [4.69, 9.17) is 0 Å². The number of amides is 1. The summed E-state index contributed by atoms with van der Waals surface area (Å²) < 4.78 is 30.1. The van der Waals surface area contributed by atoms with Gasteiger partial charge in [-0.05, 0) is 66.9 Å². The van der Waals surface area contributed by atoms with Crippen LogP contribution in [-0.4, -0.2) is 24.1 Å². The van der Waals surface area contributed by atoms with E-state index in [9.17, 15) is 13.2 Å². The number of nitrogens with one attached hydrogen (secondary N) is 2. The van der Waals surface area contributed by atoms with Crippen molar-refractivity contribution >= 4 is 21.6 Å². The molecule has 1 amide bonds. The van der Waals surface area contributed by atoms with E-state index in [1.807, 2.05) is 55.6 Å². The number of para-hydroxylation sites is 1. The number of aryl methyl sites for hydroxylation is 2. The quantitative estimate of drug-likeness (QED) is 0.432. The first-order valence-corrected chi connectivity index (χ1v) is 11.9. The second kappa shape index (κ2) is 9.30. The van der Waals surface area contributed by atoms with Crippen LogP contribution in [0.1, 0.15) is 27.0 Å². The van der Waals surface area contributed by atoms with Crippen molar-refractivity contribution in [3.05, 3.63) is 107 Å². The lowest BCUT2D eigenvalue weighted by atomic mass is 10.1. The van der Waals surface area contributed by atoms with Gasteiger partial charge in [-0.25, -0.2) is 13.1 Å². The molecule has 4 aromatic rings. The van der Waals surface area contributed by atoms with E-state index in [-0.39, 0.29) is 10.8 Å². The van der Waals surface area contributed by atoms with Gasteiger partial charge in [0.15, 0.2) is 0 Å². The van der Waals surface area contributed by atoms with Crippen LogP contribution in [-0.2, 0) is 16.6 Å². The summed E-state index contributed by atoms with van der Waals surface area (Å²) in [5.41, 5.74) is 4.16. The number of nitrogens with zero attached hydrogens (tertiary/aromatic N) is 2. The SMILES string of the molecule is Cc1ccccc1NS(=O)(=O)c1ccc(C)c(C(=O)NCc2ccc(-n3cccn3)cc2)c1. The molecular weight excluding hydrogens is 436 g/mol. The third kappa shape index (κ3) is 5.12. The first-order valence-electron chi connectivity index (χ1n) is 10.4. The summed E-state index contributed by atoms with van der Waals surface area (Å²) in [6.07, 6.45) is 3.57. The predicted octanol–water partition coefficient (Wildman–Crippen LogP) is 4.22. The molecule has 8 heteroatoms. The van der Waals surface area contributed by atoms with Gasteiger partial charge < -0.3 is 5.32 Å². The van der Waals surface area contributed by atoms with Gasteiger partial charge in [-0.3, -0.25) is 9.52 Å². The van der Waals surface area contributed by atoms with Crippen LogP contribution in [0.15, 0.2) is 90.1 Å². The van der Waals surface area contributed by atoms with Crippen molar-refractivity contribution in [2.45, 2.75) is 25.3 Å². The molecule has 0 saturated carbocycles. The molecule has 0 aliphatic heterocycles. The summed E-state index contributed by atoms with van der Waals surface area (Å²) in [5, 5.41) is 7.06. The number of benzene rings is 3. The van der Waals surface area contributed by atoms with E-state index in [2.05, 4.69) is 15.1 Å². The third-order valence-corrected chi connectivity index (χ3v) is 6.67. The normalized spacial score (nSPS) is 11.2. The first kappa shape index (κ1) is 22.3. The summed E-state index contributed by atoms with van der Waals surface area (Å²) in [7, 11) is -3.84. The lowest BCUT2D eigenvalue weighted by molar-refractivity contribution is 0.0950. The zero-order chi connectivity index (χ0) is 23.4. The number of hydrogen-bond acceptors (Lipinski definition) is 4. The molecule has 0 saturated heterocycles. The Labute approximate surface area is 193 Å². The zero-order valence-corrected chi connectivity index (χ0v) is 19.1. The highest BCUT2D eigenvalue weighted by Crippen LogP contribution is 2.21. The third-order valence-electron chi connectivity index (χ3n) is 5.31. The molecule has 3 aromatic carbocycles. The molecule has 2 N–H and O–H groups in total. The lowest BCUT2D eigenvalue weighted by Gasteiger charge is -2.13. The van der Waals surface area contributed by atoms with E-state index >= 15 is 0 Å². The Morgan fingerprint density at radius 3 is 2.39 bits per heavy atom. The van der Waals surface area contributed by atoms with Crippen molar-refractivity contribution in [2.75, 3.05) is 4.72 Å². The molecule has 0 spiro atoms. The fraction of sp³-hybridized carbons (Fsp3) is 0.120. The van der Waals surface area contributed by atoms with E-state index in [1.165, 1.54) is 12.1 Å². The molecule has 1 aromatic heterocycles. The molecule has 0 aliphatic rings. The van der Waals surface area contributed by atoms with Crippen LogP contribution >= 0.6 is 0 Å². The van der Waals surface area contributed by atoms with Crippen molar-refractivity contribution in [2.24, 2.45) is 0 Å². The number of aromatic nitrogens is 2. The summed E-state index contributed by atoms with van der Waals surface area (Å²) in [4.78, 5) is 12.9. The minimum atomic E-state index is -3.84. The van der Waals surface area contributed by atoms with Gasteiger partial charge >= 0.3 is 0 Å². The largest absolute Gasteiger partial charge is 0.348 e. The maximum Gasteiger partial charge on any atom is 0.261 e. The second-order valence-electron chi connectivity index (χ2n) is 7.70. The average Bonchev–Trinajstić information content (AvgIpc) is 3.34. The van der Waals surface area contributed by atoms with Crippen LogP contribution in [0.4, 0.5) is 5.69 Å². The van der Waals surface area contributed by atoms with Gasteiger partial charge in [0.2, 0.25) is 0 Å². The van der Waals surface area contributed by atoms with E-state index < -0.39 is 10.0 Å². The number of carbonyl (C=O) groups is 1.